The molecule has 1 aromatic rings. The van der Waals surface area contributed by atoms with Crippen LogP contribution in [0.3, 0.4) is 0 Å². The minimum absolute atomic E-state index is 0.0491. The second-order valence-corrected chi connectivity index (χ2v) is 17.7. The second-order valence-electron chi connectivity index (χ2n) is 15.8. The molecule has 5 atom stereocenters. The number of likely N-dealkylation sites (tertiary alicyclic amines) is 1. The van der Waals surface area contributed by atoms with E-state index in [1.807, 2.05) is 42.5 Å². The van der Waals surface area contributed by atoms with Crippen molar-refractivity contribution < 1.29 is 37.1 Å². The number of amides is 4. The molecular weight excluding hydrogens is 675 g/mol. The van der Waals surface area contributed by atoms with Gasteiger partial charge in [0, 0.05) is 31.6 Å². The number of fused-ring (bicyclic) bond motifs is 2. The lowest BCUT2D eigenvalue weighted by molar-refractivity contribution is -0.141. The Bertz CT molecular complexity index is 1580. The molecule has 4 fully saturated rings. The summed E-state index contributed by atoms with van der Waals surface area (Å²) < 4.78 is 39.6. The predicted octanol–water partition coefficient (Wildman–Crippen LogP) is 3.40. The van der Waals surface area contributed by atoms with Crippen molar-refractivity contribution in [3.05, 3.63) is 42.5 Å². The number of allylic oxidation sites excluding steroid dienone is 1. The van der Waals surface area contributed by atoms with Crippen molar-refractivity contribution in [3.63, 3.8) is 0 Å². The first-order valence-electron chi connectivity index (χ1n) is 18.5. The van der Waals surface area contributed by atoms with Crippen LogP contribution in [0.4, 0.5) is 4.79 Å². The zero-order chi connectivity index (χ0) is 36.4. The van der Waals surface area contributed by atoms with Crippen molar-refractivity contribution >= 4 is 33.8 Å². The van der Waals surface area contributed by atoms with E-state index in [2.05, 4.69) is 20.3 Å². The molecule has 2 saturated carbocycles. The average molecular weight is 728 g/mol. The van der Waals surface area contributed by atoms with Crippen molar-refractivity contribution in [1.82, 2.24) is 25.2 Å². The summed E-state index contributed by atoms with van der Waals surface area (Å²) in [5.41, 5.74) is -2.19. The highest BCUT2D eigenvalue weighted by Crippen LogP contribution is 2.46. The number of rotatable bonds is 7. The first kappa shape index (κ1) is 37.1. The number of sulfonamides is 1. The van der Waals surface area contributed by atoms with Gasteiger partial charge in [0.1, 0.15) is 35.1 Å². The molecule has 14 heteroatoms. The minimum Gasteiger partial charge on any atom is -0.490 e. The number of nitrogens with one attached hydrogen (secondary N) is 3. The number of para-hydroxylation sites is 1. The molecule has 2 aliphatic carbocycles. The molecule has 0 aromatic heterocycles. The highest BCUT2D eigenvalue weighted by Gasteiger charge is 2.62. The maximum absolute atomic E-state index is 14.4. The molecule has 1 aromatic carbocycles. The number of ether oxygens (including phenoxy) is 2. The van der Waals surface area contributed by atoms with Crippen LogP contribution in [0.1, 0.15) is 91.4 Å². The summed E-state index contributed by atoms with van der Waals surface area (Å²) in [6.45, 7) is 6.97. The molecule has 0 bridgehead atoms. The highest BCUT2D eigenvalue weighted by atomic mass is 32.2. The molecule has 3 aliphatic heterocycles. The fourth-order valence-corrected chi connectivity index (χ4v) is 8.91. The Hall–Kier alpha value is -3.65. The Balaban J connectivity index is 1.23. The predicted molar refractivity (Wildman–Crippen MR) is 190 cm³/mol. The van der Waals surface area contributed by atoms with Gasteiger partial charge in [0.2, 0.25) is 21.8 Å². The van der Waals surface area contributed by atoms with Crippen molar-refractivity contribution in [2.75, 3.05) is 19.6 Å². The van der Waals surface area contributed by atoms with Crippen LogP contribution >= 0.6 is 0 Å². The molecule has 4 unspecified atom stereocenters. The Morgan fingerprint density at radius 2 is 1.71 bits per heavy atom. The molecule has 51 heavy (non-hydrogen) atoms. The Labute approximate surface area is 301 Å². The van der Waals surface area contributed by atoms with E-state index in [0.29, 0.717) is 32.1 Å². The summed E-state index contributed by atoms with van der Waals surface area (Å²) in [4.78, 5) is 59.2. The largest absolute Gasteiger partial charge is 0.490 e. The van der Waals surface area contributed by atoms with E-state index < -0.39 is 56.4 Å². The molecule has 3 N–H and O–H groups in total. The highest BCUT2D eigenvalue weighted by molar-refractivity contribution is 7.91. The zero-order valence-corrected chi connectivity index (χ0v) is 30.8. The van der Waals surface area contributed by atoms with E-state index >= 15 is 0 Å². The quantitative estimate of drug-likeness (QED) is 0.358. The first-order valence-corrected chi connectivity index (χ1v) is 20.1. The van der Waals surface area contributed by atoms with E-state index in [4.69, 9.17) is 9.47 Å². The minimum atomic E-state index is -3.85. The number of hydrogen-bond acceptors (Lipinski definition) is 9. The molecule has 4 amide bonds. The van der Waals surface area contributed by atoms with Gasteiger partial charge in [-0.05, 0) is 90.7 Å². The summed E-state index contributed by atoms with van der Waals surface area (Å²) in [5.74, 6) is -1.16. The van der Waals surface area contributed by atoms with Crippen LogP contribution in [0.2, 0.25) is 0 Å². The van der Waals surface area contributed by atoms with Gasteiger partial charge in [0.15, 0.2) is 0 Å². The number of carbonyl (C=O) groups excluding carboxylic acids is 4. The Morgan fingerprint density at radius 3 is 2.39 bits per heavy atom. The van der Waals surface area contributed by atoms with Crippen LogP contribution in [-0.4, -0.2) is 102 Å². The van der Waals surface area contributed by atoms with Gasteiger partial charge in [-0.2, -0.15) is 0 Å². The molecule has 2 saturated heterocycles. The van der Waals surface area contributed by atoms with Crippen LogP contribution in [0.5, 0.6) is 5.75 Å². The summed E-state index contributed by atoms with van der Waals surface area (Å²) in [5, 5.41) is 5.14. The van der Waals surface area contributed by atoms with Gasteiger partial charge in [0.05, 0.1) is 5.25 Å². The van der Waals surface area contributed by atoms with E-state index in [1.54, 1.807) is 25.7 Å². The summed E-state index contributed by atoms with van der Waals surface area (Å²) in [6, 6.07) is 7.73. The molecular formula is C37H53N5O8S. The fourth-order valence-electron chi connectivity index (χ4n) is 7.54. The van der Waals surface area contributed by atoms with Gasteiger partial charge in [-0.1, -0.05) is 43.2 Å². The molecule has 3 heterocycles. The maximum Gasteiger partial charge on any atom is 0.408 e. The van der Waals surface area contributed by atoms with Gasteiger partial charge < -0.3 is 25.0 Å². The number of carbonyl (C=O) groups is 4. The molecule has 5 aliphatic rings. The van der Waals surface area contributed by atoms with E-state index in [-0.39, 0.29) is 36.9 Å². The van der Waals surface area contributed by atoms with E-state index in [0.717, 1.165) is 50.9 Å². The Morgan fingerprint density at radius 1 is 0.980 bits per heavy atom. The first-order chi connectivity index (χ1) is 24.2. The normalized spacial score (nSPS) is 30.5. The van der Waals surface area contributed by atoms with Crippen LogP contribution in [-0.2, 0) is 29.1 Å². The summed E-state index contributed by atoms with van der Waals surface area (Å²) in [6.07, 6.45) is 9.82. The summed E-state index contributed by atoms with van der Waals surface area (Å²) >= 11 is 0. The lowest BCUT2D eigenvalue weighted by Gasteiger charge is -2.36. The SMILES string of the molecule is CC(C)(C)OC(=O)NC1CCCCC/C=C/C2CC2(C(=O)NS(=O)(=O)C2CC2)NC(=O)C2C[C@@H](N3CCC(Oc4ccccc4)CC3)CN2C1=O. The van der Waals surface area contributed by atoms with Gasteiger partial charge in [-0.25, -0.2) is 13.2 Å². The van der Waals surface area contributed by atoms with Crippen LogP contribution in [0, 0.1) is 5.92 Å². The van der Waals surface area contributed by atoms with Crippen molar-refractivity contribution in [2.45, 2.75) is 132 Å². The number of piperidine rings is 1. The molecule has 6 rings (SSSR count). The number of nitrogens with zero attached hydrogens (tertiary/aromatic N) is 2. The molecule has 0 radical (unpaired) electrons. The van der Waals surface area contributed by atoms with Crippen molar-refractivity contribution in [2.24, 2.45) is 5.92 Å². The maximum atomic E-state index is 14.4. The lowest BCUT2D eigenvalue weighted by Crippen LogP contribution is -2.58. The monoisotopic (exact) mass is 727 g/mol. The third-order valence-electron chi connectivity index (χ3n) is 10.6. The van der Waals surface area contributed by atoms with Crippen LogP contribution in [0.15, 0.2) is 42.5 Å². The lowest BCUT2D eigenvalue weighted by atomic mass is 10.0. The third-order valence-corrected chi connectivity index (χ3v) is 12.4. The summed E-state index contributed by atoms with van der Waals surface area (Å²) in [7, 11) is -3.85. The van der Waals surface area contributed by atoms with Crippen molar-refractivity contribution in [3.8, 4) is 5.75 Å². The van der Waals surface area contributed by atoms with E-state index in [9.17, 15) is 27.6 Å². The third kappa shape index (κ3) is 9.24. The van der Waals surface area contributed by atoms with Gasteiger partial charge in [0.25, 0.3) is 5.91 Å². The van der Waals surface area contributed by atoms with Gasteiger partial charge in [-0.3, -0.25) is 24.0 Å². The number of hydrogen-bond donors (Lipinski definition) is 3. The van der Waals surface area contributed by atoms with Gasteiger partial charge >= 0.3 is 6.09 Å². The van der Waals surface area contributed by atoms with Crippen LogP contribution in [0.25, 0.3) is 0 Å². The number of benzene rings is 1. The Kier molecular flexibility index (Phi) is 11.0. The van der Waals surface area contributed by atoms with Crippen LogP contribution < -0.4 is 20.1 Å². The fraction of sp³-hybridized carbons (Fsp3) is 0.676. The molecule has 280 valence electrons. The smallest absolute Gasteiger partial charge is 0.408 e. The standard InChI is InChI=1S/C37H53N5O8S/c1-36(2,3)50-35(46)38-30-15-11-6-4-5-8-12-25-23-37(25,34(45)40-51(47,48)29-16-17-29)39-32(43)31-22-26(24-42(31)33(30)44)41-20-18-28(19-21-41)49-27-13-9-7-10-14-27/h7-10,12-14,25-26,28-31H,4-6,11,15-24H2,1-3H3,(H,38,46)(H,39,43)(H,40,45)/b12-8+/t25?,26-,30?,31?,37?/m1/s1. The average Bonchev–Trinajstić information content (AvgIpc) is 4.00. The second kappa shape index (κ2) is 15.1. The topological polar surface area (TPSA) is 163 Å². The van der Waals surface area contributed by atoms with Gasteiger partial charge in [-0.15, -0.1) is 0 Å². The number of alkyl carbamates (subject to hydrolysis) is 1. The molecule has 13 nitrogen and oxygen atoms in total. The zero-order valence-electron chi connectivity index (χ0n) is 30.0. The molecule has 0 spiro atoms. The van der Waals surface area contributed by atoms with E-state index in [1.165, 1.54) is 0 Å². The van der Waals surface area contributed by atoms with Crippen molar-refractivity contribution in [1.29, 1.82) is 0 Å².